The first-order chi connectivity index (χ1) is 10.3. The predicted octanol–water partition coefficient (Wildman–Crippen LogP) is 0.137. The summed E-state index contributed by atoms with van der Waals surface area (Å²) in [4.78, 5) is 18.4. The van der Waals surface area contributed by atoms with Crippen LogP contribution in [-0.2, 0) is 21.2 Å². The minimum atomic E-state index is -3.25. The molecule has 1 aliphatic rings. The highest BCUT2D eigenvalue weighted by Crippen LogP contribution is 2.18. The van der Waals surface area contributed by atoms with E-state index in [0.717, 1.165) is 25.5 Å². The van der Waals surface area contributed by atoms with E-state index in [1.807, 2.05) is 0 Å². The molecule has 0 aliphatic carbocycles. The van der Waals surface area contributed by atoms with Crippen molar-refractivity contribution in [3.8, 4) is 0 Å². The summed E-state index contributed by atoms with van der Waals surface area (Å²) in [6, 6.07) is 3.36. The van der Waals surface area contributed by atoms with E-state index in [2.05, 4.69) is 9.71 Å². The van der Waals surface area contributed by atoms with Crippen LogP contribution in [0.4, 0.5) is 5.69 Å². The first-order valence-electron chi connectivity index (χ1n) is 7.29. The second-order valence-corrected chi connectivity index (χ2v) is 7.45. The number of likely N-dealkylation sites (tertiary alicyclic amines) is 1. The summed E-state index contributed by atoms with van der Waals surface area (Å²) in [5.41, 5.74) is 6.81. The third kappa shape index (κ3) is 4.96. The van der Waals surface area contributed by atoms with Crippen molar-refractivity contribution >= 4 is 21.6 Å². The molecule has 1 aromatic heterocycles. The summed E-state index contributed by atoms with van der Waals surface area (Å²) >= 11 is 0. The SMILES string of the molecule is CS(=O)(=O)NCC1CCCCN1C(=O)Cc1ccc(N)cn1. The van der Waals surface area contributed by atoms with E-state index >= 15 is 0 Å². The minimum Gasteiger partial charge on any atom is -0.397 e. The molecule has 1 aliphatic heterocycles. The van der Waals surface area contributed by atoms with E-state index in [-0.39, 0.29) is 24.9 Å². The number of nitrogens with zero attached hydrogens (tertiary/aromatic N) is 2. The minimum absolute atomic E-state index is 0.0303. The van der Waals surface area contributed by atoms with E-state index < -0.39 is 10.0 Å². The molecule has 1 amide bonds. The van der Waals surface area contributed by atoms with Crippen molar-refractivity contribution in [3.05, 3.63) is 24.0 Å². The molecule has 8 heteroatoms. The molecule has 0 spiro atoms. The van der Waals surface area contributed by atoms with Gasteiger partial charge in [-0.3, -0.25) is 9.78 Å². The number of nitrogens with two attached hydrogens (primary N) is 1. The van der Waals surface area contributed by atoms with Crippen molar-refractivity contribution in [1.82, 2.24) is 14.6 Å². The third-order valence-electron chi connectivity index (χ3n) is 3.71. The molecule has 7 nitrogen and oxygen atoms in total. The van der Waals surface area contributed by atoms with Gasteiger partial charge in [-0.15, -0.1) is 0 Å². The molecular weight excluding hydrogens is 304 g/mol. The van der Waals surface area contributed by atoms with Gasteiger partial charge in [0.25, 0.3) is 0 Å². The van der Waals surface area contributed by atoms with Gasteiger partial charge in [0, 0.05) is 24.8 Å². The Kier molecular flexibility index (Phi) is 5.36. The number of hydrogen-bond donors (Lipinski definition) is 2. The number of anilines is 1. The summed E-state index contributed by atoms with van der Waals surface area (Å²) < 4.78 is 25.0. The summed E-state index contributed by atoms with van der Waals surface area (Å²) in [5.74, 6) is -0.0303. The van der Waals surface area contributed by atoms with Crippen molar-refractivity contribution in [2.45, 2.75) is 31.7 Å². The lowest BCUT2D eigenvalue weighted by molar-refractivity contribution is -0.134. The molecule has 0 aromatic carbocycles. The Morgan fingerprint density at radius 1 is 1.45 bits per heavy atom. The van der Waals surface area contributed by atoms with Crippen LogP contribution in [0.2, 0.25) is 0 Å². The Hall–Kier alpha value is -1.67. The summed E-state index contributed by atoms with van der Waals surface area (Å²) in [6.07, 6.45) is 5.61. The van der Waals surface area contributed by atoms with Crippen molar-refractivity contribution in [2.75, 3.05) is 25.1 Å². The lowest BCUT2D eigenvalue weighted by Gasteiger charge is -2.35. The number of nitrogens with one attached hydrogen (secondary N) is 1. The quantitative estimate of drug-likeness (QED) is 0.800. The second kappa shape index (κ2) is 7.06. The molecule has 1 unspecified atom stereocenters. The highest BCUT2D eigenvalue weighted by Gasteiger charge is 2.27. The van der Waals surface area contributed by atoms with Crippen LogP contribution in [0.1, 0.15) is 25.0 Å². The number of aromatic nitrogens is 1. The highest BCUT2D eigenvalue weighted by atomic mass is 32.2. The van der Waals surface area contributed by atoms with Gasteiger partial charge in [0.1, 0.15) is 0 Å². The van der Waals surface area contributed by atoms with Crippen LogP contribution in [-0.4, -0.2) is 49.6 Å². The van der Waals surface area contributed by atoms with Crippen molar-refractivity contribution in [2.24, 2.45) is 0 Å². The number of amides is 1. The van der Waals surface area contributed by atoms with Gasteiger partial charge in [-0.2, -0.15) is 0 Å². The lowest BCUT2D eigenvalue weighted by atomic mass is 10.0. The number of carbonyl (C=O) groups is 1. The zero-order valence-corrected chi connectivity index (χ0v) is 13.5. The van der Waals surface area contributed by atoms with Gasteiger partial charge in [0.15, 0.2) is 0 Å². The van der Waals surface area contributed by atoms with Crippen molar-refractivity contribution < 1.29 is 13.2 Å². The molecule has 0 bridgehead atoms. The second-order valence-electron chi connectivity index (χ2n) is 5.62. The summed E-state index contributed by atoms with van der Waals surface area (Å²) in [6.45, 7) is 0.920. The van der Waals surface area contributed by atoms with E-state index in [0.29, 0.717) is 17.9 Å². The topological polar surface area (TPSA) is 105 Å². The fraction of sp³-hybridized carbons (Fsp3) is 0.571. The Morgan fingerprint density at radius 3 is 2.86 bits per heavy atom. The van der Waals surface area contributed by atoms with Crippen LogP contribution in [0.3, 0.4) is 0 Å². The average Bonchev–Trinajstić information content (AvgIpc) is 2.47. The fourth-order valence-corrected chi connectivity index (χ4v) is 3.08. The molecular formula is C14H22N4O3S. The Morgan fingerprint density at radius 2 is 2.23 bits per heavy atom. The molecule has 1 saturated heterocycles. The van der Waals surface area contributed by atoms with E-state index in [1.54, 1.807) is 17.0 Å². The largest absolute Gasteiger partial charge is 0.397 e. The Labute approximate surface area is 131 Å². The van der Waals surface area contributed by atoms with Crippen LogP contribution in [0.5, 0.6) is 0 Å². The molecule has 1 fully saturated rings. The van der Waals surface area contributed by atoms with Gasteiger partial charge in [0.2, 0.25) is 15.9 Å². The molecule has 22 heavy (non-hydrogen) atoms. The van der Waals surface area contributed by atoms with Crippen LogP contribution >= 0.6 is 0 Å². The fourth-order valence-electron chi connectivity index (χ4n) is 2.59. The van der Waals surface area contributed by atoms with E-state index in [4.69, 9.17) is 5.73 Å². The Bertz CT molecular complexity index is 615. The smallest absolute Gasteiger partial charge is 0.228 e. The van der Waals surface area contributed by atoms with Crippen molar-refractivity contribution in [3.63, 3.8) is 0 Å². The summed E-state index contributed by atoms with van der Waals surface area (Å²) in [7, 11) is -3.25. The van der Waals surface area contributed by atoms with Gasteiger partial charge >= 0.3 is 0 Å². The maximum absolute atomic E-state index is 12.5. The molecule has 2 heterocycles. The summed E-state index contributed by atoms with van der Waals surface area (Å²) in [5, 5.41) is 0. The zero-order valence-electron chi connectivity index (χ0n) is 12.7. The number of hydrogen-bond acceptors (Lipinski definition) is 5. The standard InChI is InChI=1S/C14H22N4O3S/c1-22(20,21)17-10-13-4-2-3-7-18(13)14(19)8-12-6-5-11(15)9-16-12/h5-6,9,13,17H,2-4,7-8,10,15H2,1H3. The number of carbonyl (C=O) groups excluding carboxylic acids is 1. The van der Waals surface area contributed by atoms with Crippen LogP contribution in [0.15, 0.2) is 18.3 Å². The van der Waals surface area contributed by atoms with Crippen LogP contribution in [0, 0.1) is 0 Å². The van der Waals surface area contributed by atoms with Crippen LogP contribution < -0.4 is 10.5 Å². The van der Waals surface area contributed by atoms with Gasteiger partial charge in [-0.25, -0.2) is 13.1 Å². The molecule has 0 radical (unpaired) electrons. The number of sulfonamides is 1. The van der Waals surface area contributed by atoms with E-state index in [1.165, 1.54) is 6.20 Å². The molecule has 0 saturated carbocycles. The number of pyridine rings is 1. The Balaban J connectivity index is 2.00. The third-order valence-corrected chi connectivity index (χ3v) is 4.40. The predicted molar refractivity (Wildman–Crippen MR) is 84.6 cm³/mol. The number of rotatable bonds is 5. The normalized spacial score (nSPS) is 19.1. The van der Waals surface area contributed by atoms with E-state index in [9.17, 15) is 13.2 Å². The maximum atomic E-state index is 12.5. The molecule has 1 atom stereocenters. The highest BCUT2D eigenvalue weighted by molar-refractivity contribution is 7.88. The molecule has 1 aromatic rings. The van der Waals surface area contributed by atoms with Crippen LogP contribution in [0.25, 0.3) is 0 Å². The molecule has 2 rings (SSSR count). The van der Waals surface area contributed by atoms with Gasteiger partial charge < -0.3 is 10.6 Å². The first-order valence-corrected chi connectivity index (χ1v) is 9.19. The first kappa shape index (κ1) is 16.7. The zero-order chi connectivity index (χ0) is 16.2. The molecule has 3 N–H and O–H groups in total. The lowest BCUT2D eigenvalue weighted by Crippen LogP contribution is -2.49. The van der Waals surface area contributed by atoms with Gasteiger partial charge in [-0.1, -0.05) is 0 Å². The van der Waals surface area contributed by atoms with Gasteiger partial charge in [0.05, 0.1) is 24.6 Å². The maximum Gasteiger partial charge on any atom is 0.228 e. The van der Waals surface area contributed by atoms with Gasteiger partial charge in [-0.05, 0) is 31.4 Å². The average molecular weight is 326 g/mol. The van der Waals surface area contributed by atoms with Crippen molar-refractivity contribution in [1.29, 1.82) is 0 Å². The number of piperidine rings is 1. The monoisotopic (exact) mass is 326 g/mol. The number of nitrogen functional groups attached to an aromatic ring is 1. The molecule has 122 valence electrons.